The van der Waals surface area contributed by atoms with Crippen molar-refractivity contribution in [3.8, 4) is 0 Å². The molecule has 0 aromatic heterocycles. The molecule has 0 saturated heterocycles. The van der Waals surface area contributed by atoms with E-state index in [1.165, 1.54) is 0 Å². The third kappa shape index (κ3) is 5.10. The van der Waals surface area contributed by atoms with Crippen molar-refractivity contribution in [1.29, 1.82) is 0 Å². The van der Waals surface area contributed by atoms with E-state index in [9.17, 15) is 4.79 Å². The highest BCUT2D eigenvalue weighted by molar-refractivity contribution is 5.71. The van der Waals surface area contributed by atoms with E-state index >= 15 is 0 Å². The van der Waals surface area contributed by atoms with E-state index in [1.807, 2.05) is 6.92 Å². The first-order valence-electron chi connectivity index (χ1n) is 2.90. The SMILES string of the molecule is CC(CN)CNC(N)=O. The number of nitrogens with one attached hydrogen (secondary N) is 1. The maximum atomic E-state index is 10.1. The molecule has 0 bridgehead atoms. The topological polar surface area (TPSA) is 81.1 Å². The molecule has 0 heterocycles. The van der Waals surface area contributed by atoms with Gasteiger partial charge in [0, 0.05) is 6.54 Å². The van der Waals surface area contributed by atoms with Crippen LogP contribution in [0.25, 0.3) is 0 Å². The van der Waals surface area contributed by atoms with Gasteiger partial charge in [-0.3, -0.25) is 0 Å². The largest absolute Gasteiger partial charge is 0.352 e. The van der Waals surface area contributed by atoms with Gasteiger partial charge in [0.15, 0.2) is 0 Å². The lowest BCUT2D eigenvalue weighted by Crippen LogP contribution is -2.34. The molecule has 0 radical (unpaired) electrons. The molecule has 0 rings (SSSR count). The minimum Gasteiger partial charge on any atom is -0.352 e. The van der Waals surface area contributed by atoms with Crippen molar-refractivity contribution in [3.63, 3.8) is 0 Å². The van der Waals surface area contributed by atoms with Crippen molar-refractivity contribution in [3.05, 3.63) is 0 Å². The third-order valence-corrected chi connectivity index (χ3v) is 1.03. The molecule has 0 spiro atoms. The quantitative estimate of drug-likeness (QED) is 0.471. The Balaban J connectivity index is 3.16. The minimum atomic E-state index is -0.490. The summed E-state index contributed by atoms with van der Waals surface area (Å²) in [6.07, 6.45) is 0. The molecule has 0 aromatic carbocycles. The predicted molar refractivity (Wildman–Crippen MR) is 35.8 cm³/mol. The van der Waals surface area contributed by atoms with Gasteiger partial charge in [-0.25, -0.2) is 4.79 Å². The first-order chi connectivity index (χ1) is 4.16. The lowest BCUT2D eigenvalue weighted by Gasteiger charge is -2.06. The number of carbonyl (C=O) groups excluding carboxylic acids is 1. The van der Waals surface area contributed by atoms with Gasteiger partial charge in [0.25, 0.3) is 0 Å². The number of carbonyl (C=O) groups is 1. The van der Waals surface area contributed by atoms with Gasteiger partial charge in [-0.1, -0.05) is 6.92 Å². The normalized spacial score (nSPS) is 12.7. The summed E-state index contributed by atoms with van der Waals surface area (Å²) in [6, 6.07) is -0.490. The lowest BCUT2D eigenvalue weighted by molar-refractivity contribution is 0.247. The summed E-state index contributed by atoms with van der Waals surface area (Å²) in [7, 11) is 0. The van der Waals surface area contributed by atoms with Crippen molar-refractivity contribution >= 4 is 6.03 Å². The molecule has 0 aliphatic carbocycles. The average Bonchev–Trinajstić information content (AvgIpc) is 1.83. The maximum Gasteiger partial charge on any atom is 0.312 e. The number of urea groups is 1. The maximum absolute atomic E-state index is 10.1. The number of hydrogen-bond acceptors (Lipinski definition) is 2. The van der Waals surface area contributed by atoms with E-state index in [1.54, 1.807) is 0 Å². The third-order valence-electron chi connectivity index (χ3n) is 1.03. The zero-order valence-corrected chi connectivity index (χ0v) is 5.55. The fourth-order valence-electron chi connectivity index (χ4n) is 0.358. The van der Waals surface area contributed by atoms with Crippen LogP contribution in [0, 0.1) is 5.92 Å². The van der Waals surface area contributed by atoms with Gasteiger partial charge in [0.05, 0.1) is 0 Å². The highest BCUT2D eigenvalue weighted by atomic mass is 16.2. The van der Waals surface area contributed by atoms with E-state index in [2.05, 4.69) is 5.32 Å². The second-order valence-electron chi connectivity index (χ2n) is 2.09. The highest BCUT2D eigenvalue weighted by Crippen LogP contribution is 1.85. The monoisotopic (exact) mass is 131 g/mol. The van der Waals surface area contributed by atoms with E-state index in [4.69, 9.17) is 11.5 Å². The number of hydrogen-bond donors (Lipinski definition) is 3. The molecular formula is C5H13N3O. The Morgan fingerprint density at radius 3 is 2.67 bits per heavy atom. The second-order valence-corrected chi connectivity index (χ2v) is 2.09. The molecule has 54 valence electrons. The molecule has 9 heavy (non-hydrogen) atoms. The molecule has 0 fully saturated rings. The molecule has 0 aliphatic heterocycles. The molecule has 1 unspecified atom stereocenters. The van der Waals surface area contributed by atoms with Crippen LogP contribution in [0.2, 0.25) is 0 Å². The summed E-state index contributed by atoms with van der Waals surface area (Å²) >= 11 is 0. The zero-order valence-electron chi connectivity index (χ0n) is 5.55. The Bertz CT molecular complexity index is 94.2. The minimum absolute atomic E-state index is 0.303. The van der Waals surface area contributed by atoms with Crippen LogP contribution in [0.3, 0.4) is 0 Å². The van der Waals surface area contributed by atoms with Crippen molar-refractivity contribution in [1.82, 2.24) is 5.32 Å². The Labute approximate surface area is 54.6 Å². The van der Waals surface area contributed by atoms with Crippen LogP contribution in [0.1, 0.15) is 6.92 Å². The first kappa shape index (κ1) is 8.23. The first-order valence-corrected chi connectivity index (χ1v) is 2.90. The molecule has 0 aromatic rings. The molecule has 4 heteroatoms. The smallest absolute Gasteiger partial charge is 0.312 e. The molecule has 5 N–H and O–H groups in total. The Morgan fingerprint density at radius 1 is 1.78 bits per heavy atom. The van der Waals surface area contributed by atoms with Gasteiger partial charge in [0.1, 0.15) is 0 Å². The summed E-state index contributed by atoms with van der Waals surface area (Å²) < 4.78 is 0. The fourth-order valence-corrected chi connectivity index (χ4v) is 0.358. The van der Waals surface area contributed by atoms with E-state index in [0.29, 0.717) is 19.0 Å². The van der Waals surface area contributed by atoms with Gasteiger partial charge in [-0.15, -0.1) is 0 Å². The molecular weight excluding hydrogens is 118 g/mol. The number of nitrogens with two attached hydrogens (primary N) is 2. The summed E-state index contributed by atoms with van der Waals surface area (Å²) in [6.45, 7) is 3.07. The molecule has 4 nitrogen and oxygen atoms in total. The van der Waals surface area contributed by atoms with Crippen LogP contribution < -0.4 is 16.8 Å². The van der Waals surface area contributed by atoms with Gasteiger partial charge in [-0.05, 0) is 12.5 Å². The predicted octanol–water partition coefficient (Wildman–Crippen LogP) is -0.750. The Kier molecular flexibility index (Phi) is 3.79. The summed E-state index contributed by atoms with van der Waals surface area (Å²) in [5.41, 5.74) is 10.1. The Morgan fingerprint density at radius 2 is 2.33 bits per heavy atom. The number of primary amides is 1. The number of rotatable bonds is 3. The van der Waals surface area contributed by atoms with E-state index in [0.717, 1.165) is 0 Å². The van der Waals surface area contributed by atoms with E-state index in [-0.39, 0.29) is 0 Å². The lowest BCUT2D eigenvalue weighted by atomic mass is 10.2. The van der Waals surface area contributed by atoms with Crippen LogP contribution in [0.4, 0.5) is 4.79 Å². The van der Waals surface area contributed by atoms with Crippen LogP contribution >= 0.6 is 0 Å². The van der Waals surface area contributed by atoms with Crippen molar-refractivity contribution in [2.45, 2.75) is 6.92 Å². The van der Waals surface area contributed by atoms with Gasteiger partial charge in [-0.2, -0.15) is 0 Å². The van der Waals surface area contributed by atoms with Crippen molar-refractivity contribution < 1.29 is 4.79 Å². The van der Waals surface area contributed by atoms with Crippen LogP contribution in [-0.2, 0) is 0 Å². The van der Waals surface area contributed by atoms with Crippen molar-refractivity contribution in [2.24, 2.45) is 17.4 Å². The summed E-state index contributed by atoms with van der Waals surface area (Å²) in [4.78, 5) is 10.1. The van der Waals surface area contributed by atoms with Crippen LogP contribution in [-0.4, -0.2) is 19.1 Å². The molecule has 1 atom stereocenters. The highest BCUT2D eigenvalue weighted by Gasteiger charge is 1.98. The summed E-state index contributed by atoms with van der Waals surface area (Å²) in [5.74, 6) is 0.303. The van der Waals surface area contributed by atoms with Crippen LogP contribution in [0.15, 0.2) is 0 Å². The fraction of sp³-hybridized carbons (Fsp3) is 0.800. The molecule has 2 amide bonds. The Hall–Kier alpha value is -0.770. The number of amides is 2. The average molecular weight is 131 g/mol. The molecule has 0 aliphatic rings. The standard InChI is InChI=1S/C5H13N3O/c1-4(2-6)3-8-5(7)9/h4H,2-3,6H2,1H3,(H3,7,8,9). The van der Waals surface area contributed by atoms with Gasteiger partial charge in [0.2, 0.25) is 0 Å². The van der Waals surface area contributed by atoms with Crippen LogP contribution in [0.5, 0.6) is 0 Å². The summed E-state index contributed by atoms with van der Waals surface area (Å²) in [5, 5.41) is 2.46. The van der Waals surface area contributed by atoms with Gasteiger partial charge < -0.3 is 16.8 Å². The zero-order chi connectivity index (χ0) is 7.28. The molecule has 0 saturated carbocycles. The van der Waals surface area contributed by atoms with Crippen molar-refractivity contribution in [2.75, 3.05) is 13.1 Å². The van der Waals surface area contributed by atoms with Gasteiger partial charge >= 0.3 is 6.03 Å². The van der Waals surface area contributed by atoms with E-state index < -0.39 is 6.03 Å². The second kappa shape index (κ2) is 4.14.